The maximum absolute atomic E-state index is 11.9. The predicted octanol–water partition coefficient (Wildman–Crippen LogP) is 0.655. The van der Waals surface area contributed by atoms with Crippen molar-refractivity contribution in [2.75, 3.05) is 26.2 Å². The number of hydrogen-bond acceptors (Lipinski definition) is 3. The van der Waals surface area contributed by atoms with Gasteiger partial charge in [0.25, 0.3) is 0 Å². The maximum atomic E-state index is 11.9. The zero-order valence-electron chi connectivity index (χ0n) is 12.9. The number of nitrogens with zero attached hydrogens (tertiary/aromatic N) is 1. The van der Waals surface area contributed by atoms with E-state index in [0.717, 1.165) is 0 Å². The molecule has 1 unspecified atom stereocenters. The molecule has 1 saturated heterocycles. The standard InChI is InChI=1S/C14H25N3O4/c1-10(2)8-16-11(18)4-6-15-13(21)17-7-5-14(3,9-17)12(19)20/h10H,4-9H2,1-3H3,(H,15,21)(H,16,18)(H,19,20). The van der Waals surface area contributed by atoms with E-state index in [0.29, 0.717) is 25.4 Å². The molecule has 1 fully saturated rings. The van der Waals surface area contributed by atoms with Crippen molar-refractivity contribution in [3.05, 3.63) is 0 Å². The molecular weight excluding hydrogens is 274 g/mol. The van der Waals surface area contributed by atoms with Gasteiger partial charge in [-0.25, -0.2) is 4.79 Å². The summed E-state index contributed by atoms with van der Waals surface area (Å²) < 4.78 is 0. The highest BCUT2D eigenvalue weighted by molar-refractivity contribution is 5.80. The number of aliphatic carboxylic acids is 1. The van der Waals surface area contributed by atoms with Crippen LogP contribution in [0.5, 0.6) is 0 Å². The summed E-state index contributed by atoms with van der Waals surface area (Å²) in [6.45, 7) is 7.16. The molecule has 120 valence electrons. The lowest BCUT2D eigenvalue weighted by molar-refractivity contribution is -0.147. The van der Waals surface area contributed by atoms with Crippen LogP contribution in [0.25, 0.3) is 0 Å². The Bertz CT molecular complexity index is 411. The van der Waals surface area contributed by atoms with Gasteiger partial charge in [0.15, 0.2) is 0 Å². The number of carbonyl (C=O) groups excluding carboxylic acids is 2. The molecule has 1 rings (SSSR count). The second-order valence-electron chi connectivity index (χ2n) is 6.22. The molecule has 0 aromatic rings. The molecule has 1 heterocycles. The minimum atomic E-state index is -0.883. The summed E-state index contributed by atoms with van der Waals surface area (Å²) in [6.07, 6.45) is 0.674. The highest BCUT2D eigenvalue weighted by Gasteiger charge is 2.42. The molecule has 0 aliphatic carbocycles. The predicted molar refractivity (Wildman–Crippen MR) is 77.8 cm³/mol. The normalized spacial score (nSPS) is 21.4. The Kier molecular flexibility index (Phi) is 5.99. The van der Waals surface area contributed by atoms with E-state index in [1.165, 1.54) is 4.90 Å². The number of carbonyl (C=O) groups is 3. The van der Waals surface area contributed by atoms with Crippen molar-refractivity contribution in [2.45, 2.75) is 33.6 Å². The largest absolute Gasteiger partial charge is 0.481 e. The van der Waals surface area contributed by atoms with Gasteiger partial charge in [0.2, 0.25) is 5.91 Å². The van der Waals surface area contributed by atoms with E-state index < -0.39 is 11.4 Å². The van der Waals surface area contributed by atoms with E-state index in [9.17, 15) is 14.4 Å². The molecule has 3 amide bonds. The molecule has 7 heteroatoms. The highest BCUT2D eigenvalue weighted by Crippen LogP contribution is 2.29. The van der Waals surface area contributed by atoms with Gasteiger partial charge in [-0.1, -0.05) is 13.8 Å². The van der Waals surface area contributed by atoms with Crippen LogP contribution in [0.15, 0.2) is 0 Å². The third-order valence-electron chi connectivity index (χ3n) is 3.61. The molecular formula is C14H25N3O4. The molecule has 0 bridgehead atoms. The van der Waals surface area contributed by atoms with Gasteiger partial charge in [-0.15, -0.1) is 0 Å². The number of urea groups is 1. The summed E-state index contributed by atoms with van der Waals surface area (Å²) in [5.74, 6) is -0.589. The van der Waals surface area contributed by atoms with Gasteiger partial charge < -0.3 is 20.6 Å². The second kappa shape index (κ2) is 7.28. The topological polar surface area (TPSA) is 98.7 Å². The molecule has 0 spiro atoms. The van der Waals surface area contributed by atoms with Crippen molar-refractivity contribution in [2.24, 2.45) is 11.3 Å². The zero-order valence-corrected chi connectivity index (χ0v) is 12.9. The van der Waals surface area contributed by atoms with Gasteiger partial charge in [-0.05, 0) is 19.3 Å². The molecule has 1 aliphatic heterocycles. The first-order valence-corrected chi connectivity index (χ1v) is 7.27. The van der Waals surface area contributed by atoms with Crippen molar-refractivity contribution in [3.63, 3.8) is 0 Å². The summed E-state index contributed by atoms with van der Waals surface area (Å²) >= 11 is 0. The Hall–Kier alpha value is -1.79. The van der Waals surface area contributed by atoms with Gasteiger partial charge in [-0.3, -0.25) is 9.59 Å². The van der Waals surface area contributed by atoms with Crippen LogP contribution in [0.3, 0.4) is 0 Å². The van der Waals surface area contributed by atoms with Gasteiger partial charge in [0.1, 0.15) is 0 Å². The first kappa shape index (κ1) is 17.3. The molecule has 21 heavy (non-hydrogen) atoms. The third-order valence-corrected chi connectivity index (χ3v) is 3.61. The minimum absolute atomic E-state index is 0.0965. The fourth-order valence-corrected chi connectivity index (χ4v) is 2.11. The van der Waals surface area contributed by atoms with Crippen molar-refractivity contribution in [3.8, 4) is 0 Å². The Morgan fingerprint density at radius 1 is 1.29 bits per heavy atom. The highest BCUT2D eigenvalue weighted by atomic mass is 16.4. The molecule has 7 nitrogen and oxygen atoms in total. The van der Waals surface area contributed by atoms with Crippen LogP contribution in [-0.4, -0.2) is 54.1 Å². The smallest absolute Gasteiger partial charge is 0.317 e. The summed E-state index contributed by atoms with van der Waals surface area (Å²) in [4.78, 5) is 36.0. The number of nitrogens with one attached hydrogen (secondary N) is 2. The number of rotatable bonds is 6. The summed E-state index contributed by atoms with van der Waals surface area (Å²) in [5, 5.41) is 14.5. The van der Waals surface area contributed by atoms with Gasteiger partial charge in [0, 0.05) is 32.6 Å². The SMILES string of the molecule is CC(C)CNC(=O)CCNC(=O)N1CCC(C)(C(=O)O)C1. The number of carboxylic acid groups (broad SMARTS) is 1. The van der Waals surface area contributed by atoms with E-state index in [1.807, 2.05) is 13.8 Å². The summed E-state index contributed by atoms with van der Waals surface area (Å²) in [6, 6.07) is -0.309. The van der Waals surface area contributed by atoms with Crippen molar-refractivity contribution >= 4 is 17.9 Å². The molecule has 1 atom stereocenters. The molecule has 1 aliphatic rings. The Labute approximate surface area is 125 Å². The van der Waals surface area contributed by atoms with Crippen LogP contribution in [0, 0.1) is 11.3 Å². The van der Waals surface area contributed by atoms with E-state index >= 15 is 0 Å². The summed E-state index contributed by atoms with van der Waals surface area (Å²) in [5.41, 5.74) is -0.869. The third kappa shape index (κ3) is 5.24. The monoisotopic (exact) mass is 299 g/mol. The maximum Gasteiger partial charge on any atom is 0.317 e. The molecule has 0 aromatic carbocycles. The van der Waals surface area contributed by atoms with E-state index in [4.69, 9.17) is 5.11 Å². The van der Waals surface area contributed by atoms with Crippen molar-refractivity contribution < 1.29 is 19.5 Å². The van der Waals surface area contributed by atoms with Gasteiger partial charge in [-0.2, -0.15) is 0 Å². The zero-order chi connectivity index (χ0) is 16.0. The Morgan fingerprint density at radius 3 is 2.48 bits per heavy atom. The Morgan fingerprint density at radius 2 is 1.95 bits per heavy atom. The van der Waals surface area contributed by atoms with Gasteiger partial charge >= 0.3 is 12.0 Å². The lowest BCUT2D eigenvalue weighted by Gasteiger charge is -2.20. The lowest BCUT2D eigenvalue weighted by Crippen LogP contribution is -2.42. The van der Waals surface area contributed by atoms with Crippen LogP contribution in [0.1, 0.15) is 33.6 Å². The molecule has 3 N–H and O–H groups in total. The molecule has 0 saturated carbocycles. The van der Waals surface area contributed by atoms with Crippen LogP contribution >= 0.6 is 0 Å². The first-order valence-electron chi connectivity index (χ1n) is 7.27. The van der Waals surface area contributed by atoms with Crippen LogP contribution in [0.2, 0.25) is 0 Å². The van der Waals surface area contributed by atoms with Crippen LogP contribution in [0.4, 0.5) is 4.79 Å². The van der Waals surface area contributed by atoms with E-state index in [1.54, 1.807) is 6.92 Å². The van der Waals surface area contributed by atoms with Crippen molar-refractivity contribution in [1.82, 2.24) is 15.5 Å². The quantitative estimate of drug-likeness (QED) is 0.671. The number of amides is 3. The van der Waals surface area contributed by atoms with Gasteiger partial charge in [0.05, 0.1) is 5.41 Å². The van der Waals surface area contributed by atoms with E-state index in [-0.39, 0.29) is 31.4 Å². The van der Waals surface area contributed by atoms with Crippen LogP contribution < -0.4 is 10.6 Å². The van der Waals surface area contributed by atoms with E-state index in [2.05, 4.69) is 10.6 Å². The second-order valence-corrected chi connectivity index (χ2v) is 6.22. The average molecular weight is 299 g/mol. The minimum Gasteiger partial charge on any atom is -0.481 e. The fourth-order valence-electron chi connectivity index (χ4n) is 2.11. The fraction of sp³-hybridized carbons (Fsp3) is 0.786. The molecule has 0 radical (unpaired) electrons. The first-order chi connectivity index (χ1) is 9.74. The Balaban J connectivity index is 2.26. The average Bonchev–Trinajstić information content (AvgIpc) is 2.80. The number of hydrogen-bond donors (Lipinski definition) is 3. The summed E-state index contributed by atoms with van der Waals surface area (Å²) in [7, 11) is 0. The van der Waals surface area contributed by atoms with Crippen molar-refractivity contribution in [1.29, 1.82) is 0 Å². The number of likely N-dealkylation sites (tertiary alicyclic amines) is 1. The molecule has 0 aromatic heterocycles. The lowest BCUT2D eigenvalue weighted by atomic mass is 9.90. The van der Waals surface area contributed by atoms with Crippen LogP contribution in [-0.2, 0) is 9.59 Å². The number of carboxylic acids is 1.